The Labute approximate surface area is 154 Å². The predicted octanol–water partition coefficient (Wildman–Crippen LogP) is 1.96. The molecular weight excluding hydrogens is 352 g/mol. The van der Waals surface area contributed by atoms with Crippen LogP contribution in [-0.4, -0.2) is 30.4 Å². The number of hydrogen-bond acceptors (Lipinski definition) is 7. The van der Waals surface area contributed by atoms with Gasteiger partial charge in [0.1, 0.15) is 5.69 Å². The van der Waals surface area contributed by atoms with E-state index < -0.39 is 11.9 Å². The number of nitrogens with one attached hydrogen (secondary N) is 1. The smallest absolute Gasteiger partial charge is 0.312 e. The van der Waals surface area contributed by atoms with Gasteiger partial charge in [-0.1, -0.05) is 23.4 Å². The minimum atomic E-state index is -0.549. The van der Waals surface area contributed by atoms with Gasteiger partial charge in [0.25, 0.3) is 5.91 Å². The van der Waals surface area contributed by atoms with Crippen LogP contribution in [0.4, 0.5) is 0 Å². The molecule has 0 atom stereocenters. The van der Waals surface area contributed by atoms with Crippen molar-refractivity contribution in [3.63, 3.8) is 0 Å². The van der Waals surface area contributed by atoms with Gasteiger partial charge in [-0.15, -0.1) is 0 Å². The summed E-state index contributed by atoms with van der Waals surface area (Å²) in [6.45, 7) is 0.127. The van der Waals surface area contributed by atoms with E-state index in [1.807, 2.05) is 24.3 Å². The molecule has 1 N–H and O–H groups in total. The highest BCUT2D eigenvalue weighted by atomic mass is 16.7. The first kappa shape index (κ1) is 16.9. The number of ether oxygens (including phenoxy) is 3. The minimum Gasteiger partial charge on any atom is -0.455 e. The molecule has 2 heterocycles. The van der Waals surface area contributed by atoms with Gasteiger partial charge in [0.2, 0.25) is 6.79 Å². The molecule has 2 aromatic carbocycles. The molecule has 138 valence electrons. The molecule has 0 fully saturated rings. The average molecular weight is 368 g/mol. The quantitative estimate of drug-likeness (QED) is 0.664. The molecule has 27 heavy (non-hydrogen) atoms. The maximum Gasteiger partial charge on any atom is 0.312 e. The van der Waals surface area contributed by atoms with Crippen LogP contribution in [0.3, 0.4) is 0 Å². The summed E-state index contributed by atoms with van der Waals surface area (Å²) in [4.78, 5) is 23.8. The molecule has 8 nitrogen and oxygen atoms in total. The van der Waals surface area contributed by atoms with E-state index in [4.69, 9.17) is 18.7 Å². The van der Waals surface area contributed by atoms with E-state index in [9.17, 15) is 9.59 Å². The molecule has 8 heteroatoms. The summed E-state index contributed by atoms with van der Waals surface area (Å²) in [7, 11) is 0. The number of aromatic nitrogens is 1. The van der Waals surface area contributed by atoms with Gasteiger partial charge >= 0.3 is 5.97 Å². The molecule has 0 aliphatic carbocycles. The van der Waals surface area contributed by atoms with Gasteiger partial charge < -0.3 is 24.1 Å². The van der Waals surface area contributed by atoms with Crippen LogP contribution in [-0.2, 0) is 27.3 Å². The molecule has 1 aromatic heterocycles. The number of carbonyl (C=O) groups is 2. The van der Waals surface area contributed by atoms with Crippen LogP contribution in [0.25, 0.3) is 11.0 Å². The minimum absolute atomic E-state index is 0.0630. The summed E-state index contributed by atoms with van der Waals surface area (Å²) >= 11 is 0. The first-order valence-electron chi connectivity index (χ1n) is 8.33. The van der Waals surface area contributed by atoms with E-state index in [2.05, 4.69) is 10.5 Å². The number of para-hydroxylation sites is 1. The fraction of sp³-hybridized carbons (Fsp3) is 0.211. The van der Waals surface area contributed by atoms with E-state index in [0.717, 1.165) is 10.9 Å². The summed E-state index contributed by atoms with van der Waals surface area (Å²) in [6.07, 6.45) is -0.0630. The number of amides is 1. The van der Waals surface area contributed by atoms with Crippen molar-refractivity contribution >= 4 is 22.8 Å². The average Bonchev–Trinajstić information content (AvgIpc) is 3.31. The normalized spacial score (nSPS) is 12.1. The summed E-state index contributed by atoms with van der Waals surface area (Å²) in [5.41, 5.74) is 1.94. The Bertz CT molecular complexity index is 997. The number of hydrogen-bond donors (Lipinski definition) is 1. The lowest BCUT2D eigenvalue weighted by Gasteiger charge is -2.07. The summed E-state index contributed by atoms with van der Waals surface area (Å²) in [5, 5.41) is 7.31. The lowest BCUT2D eigenvalue weighted by molar-refractivity contribution is -0.148. The number of benzene rings is 2. The summed E-state index contributed by atoms with van der Waals surface area (Å²) < 4.78 is 20.7. The fourth-order valence-electron chi connectivity index (χ4n) is 2.70. The zero-order valence-electron chi connectivity index (χ0n) is 14.3. The van der Waals surface area contributed by atoms with Crippen molar-refractivity contribution in [2.24, 2.45) is 0 Å². The predicted molar refractivity (Wildman–Crippen MR) is 93.1 cm³/mol. The largest absolute Gasteiger partial charge is 0.455 e. The van der Waals surface area contributed by atoms with E-state index in [0.29, 0.717) is 29.3 Å². The third kappa shape index (κ3) is 3.84. The SMILES string of the molecule is O=C(COC(=O)Cc1noc2ccccc12)NCc1ccc2c(c1)OCO2. The molecule has 0 radical (unpaired) electrons. The maximum absolute atomic E-state index is 11.9. The van der Waals surface area contributed by atoms with Crippen LogP contribution < -0.4 is 14.8 Å². The van der Waals surface area contributed by atoms with Gasteiger partial charge in [0.05, 0.1) is 6.42 Å². The third-order valence-corrected chi connectivity index (χ3v) is 4.05. The van der Waals surface area contributed by atoms with E-state index in [1.165, 1.54) is 0 Å². The monoisotopic (exact) mass is 368 g/mol. The van der Waals surface area contributed by atoms with Crippen LogP contribution in [0.1, 0.15) is 11.3 Å². The fourth-order valence-corrected chi connectivity index (χ4v) is 2.70. The summed E-state index contributed by atoms with van der Waals surface area (Å²) in [5.74, 6) is 0.380. The molecule has 4 rings (SSSR count). The molecule has 0 saturated heterocycles. The number of fused-ring (bicyclic) bond motifs is 2. The van der Waals surface area contributed by atoms with Crippen LogP contribution in [0, 0.1) is 0 Å². The van der Waals surface area contributed by atoms with Gasteiger partial charge in [-0.2, -0.15) is 0 Å². The van der Waals surface area contributed by atoms with Crippen LogP contribution >= 0.6 is 0 Å². The van der Waals surface area contributed by atoms with E-state index in [-0.39, 0.29) is 19.8 Å². The maximum atomic E-state index is 11.9. The highest BCUT2D eigenvalue weighted by Gasteiger charge is 2.15. The highest BCUT2D eigenvalue weighted by Crippen LogP contribution is 2.32. The first-order valence-corrected chi connectivity index (χ1v) is 8.33. The Kier molecular flexibility index (Phi) is 4.61. The molecule has 3 aromatic rings. The molecule has 0 bridgehead atoms. The number of carbonyl (C=O) groups excluding carboxylic acids is 2. The van der Waals surface area contributed by atoms with Gasteiger partial charge in [-0.3, -0.25) is 9.59 Å². The third-order valence-electron chi connectivity index (χ3n) is 4.05. The van der Waals surface area contributed by atoms with Crippen molar-refractivity contribution in [3.8, 4) is 11.5 Å². The van der Waals surface area contributed by atoms with Gasteiger partial charge in [0.15, 0.2) is 23.7 Å². The van der Waals surface area contributed by atoms with Crippen LogP contribution in [0.2, 0.25) is 0 Å². The molecule has 0 unspecified atom stereocenters. The molecule has 1 aliphatic rings. The van der Waals surface area contributed by atoms with Crippen LogP contribution in [0.5, 0.6) is 11.5 Å². The second-order valence-electron chi connectivity index (χ2n) is 5.93. The lowest BCUT2D eigenvalue weighted by atomic mass is 10.2. The number of nitrogens with zero attached hydrogens (tertiary/aromatic N) is 1. The molecule has 1 aliphatic heterocycles. The van der Waals surface area contributed by atoms with Crippen molar-refractivity contribution in [2.75, 3.05) is 13.4 Å². The number of esters is 1. The van der Waals surface area contributed by atoms with Crippen molar-refractivity contribution < 1.29 is 28.3 Å². The second kappa shape index (κ2) is 7.36. The standard InChI is InChI=1S/C19H16N2O6/c22-18(20-9-12-5-6-16-17(7-12)26-11-25-16)10-24-19(23)8-14-13-3-1-2-4-15(13)27-21-14/h1-7H,8-11H2,(H,20,22). The molecule has 1 amide bonds. The second-order valence-corrected chi connectivity index (χ2v) is 5.93. The van der Waals surface area contributed by atoms with Gasteiger partial charge in [-0.25, -0.2) is 0 Å². The van der Waals surface area contributed by atoms with Crippen molar-refractivity contribution in [2.45, 2.75) is 13.0 Å². The van der Waals surface area contributed by atoms with Gasteiger partial charge in [0, 0.05) is 11.9 Å². The number of rotatable bonds is 6. The Morgan fingerprint density at radius 3 is 2.89 bits per heavy atom. The van der Waals surface area contributed by atoms with Crippen molar-refractivity contribution in [3.05, 3.63) is 53.7 Å². The molecular formula is C19H16N2O6. The zero-order chi connectivity index (χ0) is 18.6. The van der Waals surface area contributed by atoms with Crippen molar-refractivity contribution in [1.82, 2.24) is 10.5 Å². The topological polar surface area (TPSA) is 99.9 Å². The van der Waals surface area contributed by atoms with E-state index in [1.54, 1.807) is 18.2 Å². The van der Waals surface area contributed by atoms with Gasteiger partial charge in [-0.05, 0) is 29.8 Å². The highest BCUT2D eigenvalue weighted by molar-refractivity contribution is 5.85. The van der Waals surface area contributed by atoms with Crippen LogP contribution in [0.15, 0.2) is 47.0 Å². The molecule has 0 saturated carbocycles. The lowest BCUT2D eigenvalue weighted by Crippen LogP contribution is -2.28. The molecule has 0 spiro atoms. The first-order chi connectivity index (χ1) is 13.2. The Morgan fingerprint density at radius 2 is 1.96 bits per heavy atom. The van der Waals surface area contributed by atoms with E-state index >= 15 is 0 Å². The Morgan fingerprint density at radius 1 is 1.11 bits per heavy atom. The Balaban J connectivity index is 1.24. The Hall–Kier alpha value is -3.55. The summed E-state index contributed by atoms with van der Waals surface area (Å²) in [6, 6.07) is 12.6. The zero-order valence-corrected chi connectivity index (χ0v) is 14.3. The van der Waals surface area contributed by atoms with Crippen molar-refractivity contribution in [1.29, 1.82) is 0 Å².